The summed E-state index contributed by atoms with van der Waals surface area (Å²) in [4.78, 5) is 11.1. The number of hydrogen-bond acceptors (Lipinski definition) is 3. The Morgan fingerprint density at radius 1 is 1.21 bits per heavy atom. The molecule has 1 unspecified atom stereocenters. The summed E-state index contributed by atoms with van der Waals surface area (Å²) in [5, 5.41) is 17.7. The Morgan fingerprint density at radius 2 is 2.00 bits per heavy atom. The van der Waals surface area contributed by atoms with E-state index in [4.69, 9.17) is 5.11 Å². The van der Waals surface area contributed by atoms with Crippen molar-refractivity contribution in [2.45, 2.75) is 57.9 Å². The molecular weight excluding hydrogens is 242 g/mol. The van der Waals surface area contributed by atoms with Crippen LogP contribution in [0.25, 0.3) is 0 Å². The highest BCUT2D eigenvalue weighted by molar-refractivity contribution is 5.70. The van der Waals surface area contributed by atoms with E-state index in [2.05, 4.69) is 14.8 Å². The van der Waals surface area contributed by atoms with Crippen molar-refractivity contribution in [3.05, 3.63) is 11.6 Å². The summed E-state index contributed by atoms with van der Waals surface area (Å²) >= 11 is 0. The average molecular weight is 263 g/mol. The molecule has 0 saturated heterocycles. The van der Waals surface area contributed by atoms with Crippen molar-refractivity contribution >= 4 is 5.97 Å². The zero-order valence-corrected chi connectivity index (χ0v) is 11.2. The lowest BCUT2D eigenvalue weighted by molar-refractivity contribution is -0.142. The first-order valence-corrected chi connectivity index (χ1v) is 7.38. The lowest BCUT2D eigenvalue weighted by Crippen LogP contribution is -2.28. The van der Waals surface area contributed by atoms with E-state index in [1.807, 2.05) is 0 Å². The van der Waals surface area contributed by atoms with Gasteiger partial charge in [-0.1, -0.05) is 32.1 Å². The summed E-state index contributed by atoms with van der Waals surface area (Å²) in [6.45, 7) is 0.555. The van der Waals surface area contributed by atoms with E-state index >= 15 is 0 Å². The number of nitrogens with zero attached hydrogens (tertiary/aromatic N) is 3. The van der Waals surface area contributed by atoms with Crippen molar-refractivity contribution in [3.63, 3.8) is 0 Å². The van der Waals surface area contributed by atoms with Crippen LogP contribution in [-0.2, 0) is 24.2 Å². The molecule has 5 heteroatoms. The van der Waals surface area contributed by atoms with E-state index in [0.29, 0.717) is 18.9 Å². The second kappa shape index (κ2) is 5.31. The summed E-state index contributed by atoms with van der Waals surface area (Å²) in [7, 11) is 0. The van der Waals surface area contributed by atoms with Crippen LogP contribution in [0, 0.1) is 11.8 Å². The van der Waals surface area contributed by atoms with Crippen LogP contribution in [0.2, 0.25) is 0 Å². The maximum absolute atomic E-state index is 11.1. The van der Waals surface area contributed by atoms with Crippen LogP contribution in [0.4, 0.5) is 0 Å². The second-order valence-electron chi connectivity index (χ2n) is 5.93. The third-order valence-electron chi connectivity index (χ3n) is 4.57. The van der Waals surface area contributed by atoms with Gasteiger partial charge in [-0.25, -0.2) is 0 Å². The highest BCUT2D eigenvalue weighted by Crippen LogP contribution is 2.28. The van der Waals surface area contributed by atoms with Crippen molar-refractivity contribution in [1.82, 2.24) is 14.8 Å². The molecule has 1 aliphatic carbocycles. The number of carboxylic acid groups (broad SMARTS) is 1. The number of aromatic nitrogens is 3. The van der Waals surface area contributed by atoms with Gasteiger partial charge < -0.3 is 9.67 Å². The third-order valence-corrected chi connectivity index (χ3v) is 4.57. The molecule has 1 aliphatic heterocycles. The van der Waals surface area contributed by atoms with Gasteiger partial charge in [0.2, 0.25) is 0 Å². The van der Waals surface area contributed by atoms with Gasteiger partial charge in [0.1, 0.15) is 11.6 Å². The molecule has 0 amide bonds. The van der Waals surface area contributed by atoms with Crippen LogP contribution in [0.5, 0.6) is 0 Å². The van der Waals surface area contributed by atoms with Crippen LogP contribution >= 0.6 is 0 Å². The fraction of sp³-hybridized carbons (Fsp3) is 0.786. The lowest BCUT2D eigenvalue weighted by atomic mass is 9.86. The molecule has 104 valence electrons. The Kier molecular flexibility index (Phi) is 3.53. The standard InChI is InChI=1S/C14H21N3O2/c18-14(19)11-6-7-12-15-16-13(17(12)9-11)8-10-4-2-1-3-5-10/h10-11H,1-9H2,(H,18,19). The molecule has 5 nitrogen and oxygen atoms in total. The number of fused-ring (bicyclic) bond motifs is 1. The number of carboxylic acids is 1. The van der Waals surface area contributed by atoms with Crippen LogP contribution in [0.3, 0.4) is 0 Å². The number of hydrogen-bond donors (Lipinski definition) is 1. The van der Waals surface area contributed by atoms with E-state index in [-0.39, 0.29) is 5.92 Å². The molecule has 2 heterocycles. The maximum Gasteiger partial charge on any atom is 0.308 e. The smallest absolute Gasteiger partial charge is 0.308 e. The number of rotatable bonds is 3. The van der Waals surface area contributed by atoms with Crippen molar-refractivity contribution in [3.8, 4) is 0 Å². The molecule has 1 aromatic heterocycles. The molecule has 0 aromatic carbocycles. The van der Waals surface area contributed by atoms with Gasteiger partial charge in [-0.2, -0.15) is 0 Å². The summed E-state index contributed by atoms with van der Waals surface area (Å²) in [5.41, 5.74) is 0. The Labute approximate surface area is 113 Å². The zero-order valence-electron chi connectivity index (χ0n) is 11.2. The molecule has 0 bridgehead atoms. The van der Waals surface area contributed by atoms with Crippen LogP contribution in [0.1, 0.15) is 50.2 Å². The Bertz CT molecular complexity index is 463. The first-order chi connectivity index (χ1) is 9.24. The number of carbonyl (C=O) groups is 1. The molecule has 1 N–H and O–H groups in total. The summed E-state index contributed by atoms with van der Waals surface area (Å²) in [5.74, 6) is 1.74. The quantitative estimate of drug-likeness (QED) is 0.906. The molecule has 1 saturated carbocycles. The van der Waals surface area contributed by atoms with Gasteiger partial charge in [-0.3, -0.25) is 4.79 Å². The first kappa shape index (κ1) is 12.6. The molecular formula is C14H21N3O2. The van der Waals surface area contributed by atoms with E-state index in [1.54, 1.807) is 0 Å². The van der Waals surface area contributed by atoms with Gasteiger partial charge in [-0.15, -0.1) is 10.2 Å². The average Bonchev–Trinajstić information content (AvgIpc) is 2.82. The Morgan fingerprint density at radius 3 is 2.74 bits per heavy atom. The largest absolute Gasteiger partial charge is 0.481 e. The summed E-state index contributed by atoms with van der Waals surface area (Å²) in [6, 6.07) is 0. The highest BCUT2D eigenvalue weighted by atomic mass is 16.4. The molecule has 1 fully saturated rings. The fourth-order valence-electron chi connectivity index (χ4n) is 3.39. The molecule has 19 heavy (non-hydrogen) atoms. The van der Waals surface area contributed by atoms with Crippen LogP contribution < -0.4 is 0 Å². The normalized spacial score (nSPS) is 24.1. The highest BCUT2D eigenvalue weighted by Gasteiger charge is 2.28. The van der Waals surface area contributed by atoms with Crippen molar-refractivity contribution in [2.75, 3.05) is 0 Å². The van der Waals surface area contributed by atoms with E-state index in [1.165, 1.54) is 32.1 Å². The Hall–Kier alpha value is -1.39. The molecule has 1 aromatic rings. The topological polar surface area (TPSA) is 68.0 Å². The SMILES string of the molecule is O=C(O)C1CCc2nnc(CC3CCCCC3)n2C1. The molecule has 2 aliphatic rings. The predicted molar refractivity (Wildman–Crippen MR) is 69.7 cm³/mol. The van der Waals surface area contributed by atoms with E-state index < -0.39 is 5.97 Å². The Balaban J connectivity index is 1.73. The monoisotopic (exact) mass is 263 g/mol. The van der Waals surface area contributed by atoms with Gasteiger partial charge in [0.25, 0.3) is 0 Å². The molecule has 0 radical (unpaired) electrons. The third kappa shape index (κ3) is 2.65. The summed E-state index contributed by atoms with van der Waals surface area (Å²) < 4.78 is 2.07. The summed E-state index contributed by atoms with van der Waals surface area (Å²) in [6.07, 6.45) is 8.97. The number of aryl methyl sites for hydroxylation is 1. The minimum absolute atomic E-state index is 0.270. The molecule has 0 spiro atoms. The van der Waals surface area contributed by atoms with Gasteiger partial charge in [0.05, 0.1) is 5.92 Å². The van der Waals surface area contributed by atoms with Gasteiger partial charge >= 0.3 is 5.97 Å². The van der Waals surface area contributed by atoms with Crippen LogP contribution in [-0.4, -0.2) is 25.8 Å². The van der Waals surface area contributed by atoms with Crippen molar-refractivity contribution in [2.24, 2.45) is 11.8 Å². The maximum atomic E-state index is 11.1. The van der Waals surface area contributed by atoms with E-state index in [0.717, 1.165) is 24.5 Å². The zero-order chi connectivity index (χ0) is 13.2. The predicted octanol–water partition coefficient (Wildman–Crippen LogP) is 2.05. The minimum atomic E-state index is -0.692. The van der Waals surface area contributed by atoms with E-state index in [9.17, 15) is 4.79 Å². The van der Waals surface area contributed by atoms with Gasteiger partial charge in [0.15, 0.2) is 0 Å². The minimum Gasteiger partial charge on any atom is -0.481 e. The van der Waals surface area contributed by atoms with Gasteiger partial charge in [0, 0.05) is 19.4 Å². The van der Waals surface area contributed by atoms with Crippen LogP contribution in [0.15, 0.2) is 0 Å². The van der Waals surface area contributed by atoms with Crippen molar-refractivity contribution < 1.29 is 9.90 Å². The second-order valence-corrected chi connectivity index (χ2v) is 5.93. The fourth-order valence-corrected chi connectivity index (χ4v) is 3.39. The molecule has 1 atom stereocenters. The van der Waals surface area contributed by atoms with Gasteiger partial charge in [-0.05, 0) is 12.3 Å². The molecule has 3 rings (SSSR count). The number of aliphatic carboxylic acids is 1. The lowest BCUT2D eigenvalue weighted by Gasteiger charge is -2.24. The first-order valence-electron chi connectivity index (χ1n) is 7.38. The van der Waals surface area contributed by atoms with Crippen molar-refractivity contribution in [1.29, 1.82) is 0 Å².